The van der Waals surface area contributed by atoms with Gasteiger partial charge in [0.15, 0.2) is 0 Å². The molecule has 6 heteroatoms. The van der Waals surface area contributed by atoms with Gasteiger partial charge >= 0.3 is 0 Å². The summed E-state index contributed by atoms with van der Waals surface area (Å²) in [4.78, 5) is 29.9. The van der Waals surface area contributed by atoms with Crippen LogP contribution >= 0.6 is 0 Å². The Balaban J connectivity index is 1.54. The van der Waals surface area contributed by atoms with E-state index < -0.39 is 0 Å². The molecule has 1 heterocycles. The molecule has 1 unspecified atom stereocenters. The van der Waals surface area contributed by atoms with Crippen LogP contribution in [0.5, 0.6) is 0 Å². The second-order valence-corrected chi connectivity index (χ2v) is 9.78. The molecule has 6 nitrogen and oxygen atoms in total. The fraction of sp³-hybridized carbons (Fsp3) is 0.704. The standard InChI is InChI=1S/C27H43N3O3/c1-28-15-17-33-18-16-29(2)27(32)20-25-19-23-12-6-7-13-24(23)21-30(25)26(31)14-8-11-22-9-4-3-5-10-22/h6-7,12-13,22,25,28H,3-5,8-11,14-21H2,1-2H3. The molecule has 0 radical (unpaired) electrons. The molecule has 0 spiro atoms. The monoisotopic (exact) mass is 457 g/mol. The van der Waals surface area contributed by atoms with E-state index in [1.54, 1.807) is 4.90 Å². The van der Waals surface area contributed by atoms with Crippen LogP contribution in [0, 0.1) is 5.92 Å². The number of carbonyl (C=O) groups is 2. The lowest BCUT2D eigenvalue weighted by Crippen LogP contribution is -2.47. The SMILES string of the molecule is CNCCOCCN(C)C(=O)CC1Cc2ccccc2CN1C(=O)CCCC1CCCCC1. The predicted octanol–water partition coefficient (Wildman–Crippen LogP) is 3.78. The second-order valence-electron chi connectivity index (χ2n) is 9.78. The maximum Gasteiger partial charge on any atom is 0.224 e. The molecule has 0 bridgehead atoms. The molecule has 184 valence electrons. The van der Waals surface area contributed by atoms with E-state index in [1.807, 2.05) is 31.1 Å². The molecule has 0 aromatic heterocycles. The Kier molecular flexibility index (Phi) is 10.7. The average molecular weight is 458 g/mol. The third kappa shape index (κ3) is 8.11. The van der Waals surface area contributed by atoms with Gasteiger partial charge in [-0.2, -0.15) is 0 Å². The van der Waals surface area contributed by atoms with Crippen LogP contribution < -0.4 is 5.32 Å². The number of fused-ring (bicyclic) bond motifs is 1. The lowest BCUT2D eigenvalue weighted by Gasteiger charge is -2.37. The third-order valence-electron chi connectivity index (χ3n) is 7.31. The highest BCUT2D eigenvalue weighted by atomic mass is 16.5. The van der Waals surface area contributed by atoms with Gasteiger partial charge < -0.3 is 19.9 Å². The number of ether oxygens (including phenoxy) is 1. The Morgan fingerprint density at radius 3 is 2.64 bits per heavy atom. The molecule has 1 aliphatic carbocycles. The second kappa shape index (κ2) is 13.7. The van der Waals surface area contributed by atoms with Crippen LogP contribution in [0.25, 0.3) is 0 Å². The van der Waals surface area contributed by atoms with E-state index in [4.69, 9.17) is 4.74 Å². The lowest BCUT2D eigenvalue weighted by molar-refractivity contribution is -0.138. The number of nitrogens with one attached hydrogen (secondary N) is 1. The van der Waals surface area contributed by atoms with E-state index in [1.165, 1.54) is 43.2 Å². The summed E-state index contributed by atoms with van der Waals surface area (Å²) in [7, 11) is 3.72. The number of likely N-dealkylation sites (N-methyl/N-ethyl adjacent to an activating group) is 2. The Morgan fingerprint density at radius 1 is 1.12 bits per heavy atom. The van der Waals surface area contributed by atoms with Gasteiger partial charge in [-0.25, -0.2) is 0 Å². The molecular weight excluding hydrogens is 414 g/mol. The van der Waals surface area contributed by atoms with Crippen molar-refractivity contribution in [2.75, 3.05) is 40.4 Å². The number of benzene rings is 1. The maximum absolute atomic E-state index is 13.3. The number of rotatable bonds is 12. The topological polar surface area (TPSA) is 61.9 Å². The van der Waals surface area contributed by atoms with Gasteiger partial charge in [0.25, 0.3) is 0 Å². The van der Waals surface area contributed by atoms with Gasteiger partial charge in [-0.05, 0) is 43.4 Å². The van der Waals surface area contributed by atoms with E-state index >= 15 is 0 Å². The zero-order valence-corrected chi connectivity index (χ0v) is 20.7. The van der Waals surface area contributed by atoms with Crippen molar-refractivity contribution >= 4 is 11.8 Å². The van der Waals surface area contributed by atoms with Crippen molar-refractivity contribution in [3.63, 3.8) is 0 Å². The summed E-state index contributed by atoms with van der Waals surface area (Å²) < 4.78 is 5.56. The molecule has 0 saturated heterocycles. The molecule has 1 atom stereocenters. The van der Waals surface area contributed by atoms with Crippen molar-refractivity contribution in [3.05, 3.63) is 35.4 Å². The van der Waals surface area contributed by atoms with Crippen LogP contribution in [-0.2, 0) is 27.3 Å². The van der Waals surface area contributed by atoms with E-state index in [0.29, 0.717) is 39.1 Å². The molecule has 3 rings (SSSR count). The minimum atomic E-state index is -0.0674. The summed E-state index contributed by atoms with van der Waals surface area (Å²) >= 11 is 0. The Labute approximate surface area is 200 Å². The van der Waals surface area contributed by atoms with Crippen molar-refractivity contribution in [1.82, 2.24) is 15.1 Å². The number of nitrogens with zero attached hydrogens (tertiary/aromatic N) is 2. The molecular formula is C27H43N3O3. The first kappa shape index (κ1) is 25.7. The van der Waals surface area contributed by atoms with E-state index in [9.17, 15) is 9.59 Å². The highest BCUT2D eigenvalue weighted by Crippen LogP contribution is 2.29. The Bertz CT molecular complexity index is 748. The van der Waals surface area contributed by atoms with Gasteiger partial charge in [0.2, 0.25) is 11.8 Å². The molecule has 2 amide bonds. The fourth-order valence-corrected chi connectivity index (χ4v) is 5.18. The van der Waals surface area contributed by atoms with Crippen LogP contribution in [0.4, 0.5) is 0 Å². The van der Waals surface area contributed by atoms with E-state index in [0.717, 1.165) is 31.7 Å². The highest BCUT2D eigenvalue weighted by Gasteiger charge is 2.31. The molecule has 1 fully saturated rings. The van der Waals surface area contributed by atoms with Crippen LogP contribution in [0.3, 0.4) is 0 Å². The van der Waals surface area contributed by atoms with Crippen molar-refractivity contribution in [3.8, 4) is 0 Å². The number of hydrogen-bond acceptors (Lipinski definition) is 4. The molecule has 2 aliphatic rings. The van der Waals surface area contributed by atoms with Gasteiger partial charge in [0.05, 0.1) is 13.2 Å². The molecule has 33 heavy (non-hydrogen) atoms. The van der Waals surface area contributed by atoms with Crippen LogP contribution in [0.2, 0.25) is 0 Å². The zero-order chi connectivity index (χ0) is 23.5. The van der Waals surface area contributed by atoms with Crippen LogP contribution in [-0.4, -0.2) is 68.1 Å². The lowest BCUT2D eigenvalue weighted by atomic mass is 9.85. The number of hydrogen-bond donors (Lipinski definition) is 1. The molecule has 1 N–H and O–H groups in total. The molecule has 1 saturated carbocycles. The Morgan fingerprint density at radius 2 is 1.88 bits per heavy atom. The summed E-state index contributed by atoms with van der Waals surface area (Å²) in [6, 6.07) is 8.27. The van der Waals surface area contributed by atoms with Gasteiger partial charge in [-0.1, -0.05) is 56.4 Å². The summed E-state index contributed by atoms with van der Waals surface area (Å²) in [5.74, 6) is 1.09. The van der Waals surface area contributed by atoms with E-state index in [2.05, 4.69) is 17.4 Å². The van der Waals surface area contributed by atoms with Crippen molar-refractivity contribution in [2.24, 2.45) is 5.92 Å². The third-order valence-corrected chi connectivity index (χ3v) is 7.31. The summed E-state index contributed by atoms with van der Waals surface area (Å²) in [5, 5.41) is 3.05. The van der Waals surface area contributed by atoms with Gasteiger partial charge in [0.1, 0.15) is 0 Å². The average Bonchev–Trinajstić information content (AvgIpc) is 2.84. The smallest absolute Gasteiger partial charge is 0.224 e. The fourth-order valence-electron chi connectivity index (χ4n) is 5.18. The van der Waals surface area contributed by atoms with Crippen molar-refractivity contribution in [1.29, 1.82) is 0 Å². The minimum absolute atomic E-state index is 0.0674. The van der Waals surface area contributed by atoms with Gasteiger partial charge in [0, 0.05) is 45.6 Å². The Hall–Kier alpha value is -1.92. The van der Waals surface area contributed by atoms with Gasteiger partial charge in [-0.15, -0.1) is 0 Å². The van der Waals surface area contributed by atoms with Crippen molar-refractivity contribution < 1.29 is 14.3 Å². The molecule has 1 aromatic carbocycles. The first-order valence-corrected chi connectivity index (χ1v) is 12.9. The summed E-state index contributed by atoms with van der Waals surface area (Å²) in [6.45, 7) is 3.16. The van der Waals surface area contributed by atoms with E-state index in [-0.39, 0.29) is 17.9 Å². The van der Waals surface area contributed by atoms with Gasteiger partial charge in [-0.3, -0.25) is 9.59 Å². The van der Waals surface area contributed by atoms with Crippen LogP contribution in [0.1, 0.15) is 68.9 Å². The predicted molar refractivity (Wildman–Crippen MR) is 132 cm³/mol. The zero-order valence-electron chi connectivity index (χ0n) is 20.7. The largest absolute Gasteiger partial charge is 0.378 e. The summed E-state index contributed by atoms with van der Waals surface area (Å²) in [5.41, 5.74) is 2.48. The highest BCUT2D eigenvalue weighted by molar-refractivity contribution is 5.80. The summed E-state index contributed by atoms with van der Waals surface area (Å²) in [6.07, 6.45) is 10.6. The molecule has 1 aliphatic heterocycles. The first-order chi connectivity index (χ1) is 16.1. The van der Waals surface area contributed by atoms with Crippen LogP contribution in [0.15, 0.2) is 24.3 Å². The number of amides is 2. The number of carbonyl (C=O) groups excluding carboxylic acids is 2. The first-order valence-electron chi connectivity index (χ1n) is 12.9. The van der Waals surface area contributed by atoms with Crippen molar-refractivity contribution in [2.45, 2.75) is 76.8 Å². The normalized spacial score (nSPS) is 18.7. The minimum Gasteiger partial charge on any atom is -0.378 e. The maximum atomic E-state index is 13.3. The molecule has 1 aromatic rings. The quantitative estimate of drug-likeness (QED) is 0.485.